The Bertz CT molecular complexity index is 97.7. The van der Waals surface area contributed by atoms with E-state index >= 15 is 0 Å². The number of nitrogens with zero attached hydrogens (tertiary/aromatic N) is 1. The lowest BCUT2D eigenvalue weighted by Gasteiger charge is -2.23. The van der Waals surface area contributed by atoms with Crippen molar-refractivity contribution in [3.8, 4) is 0 Å². The lowest BCUT2D eigenvalue weighted by molar-refractivity contribution is 0.268. The Hall–Kier alpha value is -0.0100. The Morgan fingerprint density at radius 1 is 1.27 bits per heavy atom. The van der Waals surface area contributed by atoms with Crippen molar-refractivity contribution in [1.82, 2.24) is 4.90 Å². The first-order valence-electron chi connectivity index (χ1n) is 4.13. The highest BCUT2D eigenvalue weighted by Gasteiger charge is 2.03. The number of hydrogen-bond donors (Lipinski definition) is 0. The molecule has 0 amide bonds. The van der Waals surface area contributed by atoms with Crippen molar-refractivity contribution in [2.75, 3.05) is 13.1 Å². The predicted molar refractivity (Wildman–Crippen MR) is 54.4 cm³/mol. The minimum absolute atomic E-state index is 0. The maximum absolute atomic E-state index is 2.42. The van der Waals surface area contributed by atoms with Crippen LogP contribution in [0.25, 0.3) is 0 Å². The number of hydrogen-bond acceptors (Lipinski definition) is 1. The van der Waals surface area contributed by atoms with Crippen molar-refractivity contribution in [2.24, 2.45) is 0 Å². The largest absolute Gasteiger partial charge is 0.298 e. The Balaban J connectivity index is 0. The molecule has 0 aromatic rings. The van der Waals surface area contributed by atoms with Crippen LogP contribution in [0.15, 0.2) is 12.2 Å². The highest BCUT2D eigenvalue weighted by atomic mass is 35.5. The first-order valence-corrected chi connectivity index (χ1v) is 4.13. The van der Waals surface area contributed by atoms with Crippen molar-refractivity contribution in [3.05, 3.63) is 12.2 Å². The zero-order valence-corrected chi connectivity index (χ0v) is 8.82. The van der Waals surface area contributed by atoms with Crippen molar-refractivity contribution in [1.29, 1.82) is 0 Å². The molecule has 68 valence electrons. The van der Waals surface area contributed by atoms with Crippen molar-refractivity contribution in [3.63, 3.8) is 0 Å². The molecule has 1 unspecified atom stereocenters. The van der Waals surface area contributed by atoms with Crippen LogP contribution in [0.2, 0.25) is 0 Å². The quantitative estimate of drug-likeness (QED) is 0.597. The molecule has 0 heterocycles. The van der Waals surface area contributed by atoms with E-state index < -0.39 is 0 Å². The molecule has 0 saturated carbocycles. The first kappa shape index (κ1) is 13.6. The fraction of sp³-hybridized carbons (Fsp3) is 0.778. The van der Waals surface area contributed by atoms with E-state index in [1.165, 1.54) is 0 Å². The van der Waals surface area contributed by atoms with Gasteiger partial charge >= 0.3 is 0 Å². The van der Waals surface area contributed by atoms with Gasteiger partial charge in [-0.2, -0.15) is 0 Å². The van der Waals surface area contributed by atoms with Crippen molar-refractivity contribution < 1.29 is 0 Å². The average molecular weight is 178 g/mol. The molecule has 2 heteroatoms. The Morgan fingerprint density at radius 3 is 2.00 bits per heavy atom. The molecule has 1 nitrogen and oxygen atoms in total. The minimum atomic E-state index is 0. The van der Waals surface area contributed by atoms with Crippen LogP contribution in [0.5, 0.6) is 0 Å². The molecule has 0 spiro atoms. The molecule has 0 bridgehead atoms. The molecule has 0 radical (unpaired) electrons. The van der Waals surface area contributed by atoms with Gasteiger partial charge in [-0.3, -0.25) is 4.90 Å². The van der Waals surface area contributed by atoms with Crippen LogP contribution in [0.4, 0.5) is 0 Å². The van der Waals surface area contributed by atoms with E-state index in [0.717, 1.165) is 13.1 Å². The SMILES string of the molecule is CC=CC(C)N(CC)CC.Cl. The van der Waals surface area contributed by atoms with Gasteiger partial charge in [-0.1, -0.05) is 26.0 Å². The summed E-state index contributed by atoms with van der Waals surface area (Å²) in [5.74, 6) is 0. The van der Waals surface area contributed by atoms with Crippen LogP contribution in [-0.2, 0) is 0 Å². The highest BCUT2D eigenvalue weighted by molar-refractivity contribution is 5.85. The molecule has 0 aliphatic rings. The Labute approximate surface area is 76.9 Å². The number of allylic oxidation sites excluding steroid dienone is 1. The van der Waals surface area contributed by atoms with Crippen LogP contribution in [0, 0.1) is 0 Å². The third-order valence-electron chi connectivity index (χ3n) is 1.86. The van der Waals surface area contributed by atoms with Crippen LogP contribution >= 0.6 is 12.4 Å². The van der Waals surface area contributed by atoms with Gasteiger partial charge in [0, 0.05) is 6.04 Å². The van der Waals surface area contributed by atoms with E-state index in [9.17, 15) is 0 Å². The summed E-state index contributed by atoms with van der Waals surface area (Å²) in [6.45, 7) is 11.0. The lowest BCUT2D eigenvalue weighted by Crippen LogP contribution is -2.30. The molecule has 11 heavy (non-hydrogen) atoms. The summed E-state index contributed by atoms with van der Waals surface area (Å²) in [5.41, 5.74) is 0. The number of halogens is 1. The zero-order chi connectivity index (χ0) is 7.98. The molecule has 0 rings (SSSR count). The van der Waals surface area contributed by atoms with Crippen molar-refractivity contribution in [2.45, 2.75) is 33.7 Å². The molecule has 0 aliphatic heterocycles. The monoisotopic (exact) mass is 177 g/mol. The van der Waals surface area contributed by atoms with Gasteiger partial charge < -0.3 is 0 Å². The van der Waals surface area contributed by atoms with Crippen LogP contribution in [0.1, 0.15) is 27.7 Å². The molecular weight excluding hydrogens is 158 g/mol. The van der Waals surface area contributed by atoms with Gasteiger partial charge in [0.25, 0.3) is 0 Å². The van der Waals surface area contributed by atoms with E-state index in [-0.39, 0.29) is 12.4 Å². The van der Waals surface area contributed by atoms with Crippen molar-refractivity contribution >= 4 is 12.4 Å². The zero-order valence-electron chi connectivity index (χ0n) is 8.00. The smallest absolute Gasteiger partial charge is 0.0249 e. The molecule has 0 aromatic carbocycles. The van der Waals surface area contributed by atoms with Gasteiger partial charge in [-0.15, -0.1) is 12.4 Å². The summed E-state index contributed by atoms with van der Waals surface area (Å²) in [6, 6.07) is 0.597. The van der Waals surface area contributed by atoms with Gasteiger partial charge in [0.15, 0.2) is 0 Å². The third kappa shape index (κ3) is 5.28. The standard InChI is InChI=1S/C9H19N.ClH/c1-5-8-9(4)10(6-2)7-3;/h5,8-9H,6-7H2,1-4H3;1H. The number of likely N-dealkylation sites (N-methyl/N-ethyl adjacent to an activating group) is 1. The molecule has 1 atom stereocenters. The molecule has 0 fully saturated rings. The average Bonchev–Trinajstić information content (AvgIpc) is 1.91. The minimum Gasteiger partial charge on any atom is -0.298 e. The number of rotatable bonds is 4. The van der Waals surface area contributed by atoms with Gasteiger partial charge in [-0.05, 0) is 26.9 Å². The molecular formula is C9H20ClN. The van der Waals surface area contributed by atoms with Gasteiger partial charge in [0.2, 0.25) is 0 Å². The summed E-state index contributed by atoms with van der Waals surface area (Å²) in [7, 11) is 0. The predicted octanol–water partition coefficient (Wildman–Crippen LogP) is 2.71. The maximum atomic E-state index is 2.42. The van der Waals surface area contributed by atoms with E-state index in [0.29, 0.717) is 6.04 Å². The summed E-state index contributed by atoms with van der Waals surface area (Å²) < 4.78 is 0. The summed E-state index contributed by atoms with van der Waals surface area (Å²) in [4.78, 5) is 2.42. The topological polar surface area (TPSA) is 3.24 Å². The Kier molecular flexibility index (Phi) is 9.98. The summed E-state index contributed by atoms with van der Waals surface area (Å²) in [5, 5.41) is 0. The van der Waals surface area contributed by atoms with Crippen LogP contribution in [-0.4, -0.2) is 24.0 Å². The first-order chi connectivity index (χ1) is 4.76. The van der Waals surface area contributed by atoms with E-state index in [4.69, 9.17) is 0 Å². The molecule has 0 N–H and O–H groups in total. The van der Waals surface area contributed by atoms with E-state index in [2.05, 4.69) is 44.7 Å². The Morgan fingerprint density at radius 2 is 1.73 bits per heavy atom. The molecule has 0 aliphatic carbocycles. The van der Waals surface area contributed by atoms with Gasteiger partial charge in [-0.25, -0.2) is 0 Å². The third-order valence-corrected chi connectivity index (χ3v) is 1.86. The van der Waals surface area contributed by atoms with E-state index in [1.807, 2.05) is 0 Å². The normalized spacial score (nSPS) is 13.5. The van der Waals surface area contributed by atoms with Crippen LogP contribution in [0.3, 0.4) is 0 Å². The fourth-order valence-corrected chi connectivity index (χ4v) is 1.20. The van der Waals surface area contributed by atoms with E-state index in [1.54, 1.807) is 0 Å². The maximum Gasteiger partial charge on any atom is 0.0249 e. The second-order valence-corrected chi connectivity index (χ2v) is 2.49. The molecule has 0 aromatic heterocycles. The molecule has 0 saturated heterocycles. The summed E-state index contributed by atoms with van der Waals surface area (Å²) in [6.07, 6.45) is 4.34. The second kappa shape index (κ2) is 8.09. The van der Waals surface area contributed by atoms with Crippen LogP contribution < -0.4 is 0 Å². The fourth-order valence-electron chi connectivity index (χ4n) is 1.20. The second-order valence-electron chi connectivity index (χ2n) is 2.49. The highest BCUT2D eigenvalue weighted by Crippen LogP contribution is 1.98. The van der Waals surface area contributed by atoms with Gasteiger partial charge in [0.1, 0.15) is 0 Å². The summed E-state index contributed by atoms with van der Waals surface area (Å²) >= 11 is 0. The lowest BCUT2D eigenvalue weighted by atomic mass is 10.2. The van der Waals surface area contributed by atoms with Gasteiger partial charge in [0.05, 0.1) is 0 Å².